The molecule has 1 aliphatic rings. The van der Waals surface area contributed by atoms with Crippen LogP contribution in [0.1, 0.15) is 0 Å². The number of H-pyrrole nitrogens is 1. The third kappa shape index (κ3) is 2.39. The molecule has 0 saturated heterocycles. The first-order valence-electron chi connectivity index (χ1n) is 8.91. The summed E-state index contributed by atoms with van der Waals surface area (Å²) in [5.41, 5.74) is 5.09. The summed E-state index contributed by atoms with van der Waals surface area (Å²) in [5.74, 6) is 1.48. The highest BCUT2D eigenvalue weighted by atomic mass is 32.1. The number of fused-ring (bicyclic) bond motifs is 3. The Bertz CT molecular complexity index is 1320. The molecule has 2 aromatic carbocycles. The van der Waals surface area contributed by atoms with Gasteiger partial charge in [-0.1, -0.05) is 12.1 Å². The fourth-order valence-corrected chi connectivity index (χ4v) is 4.28. The van der Waals surface area contributed by atoms with E-state index in [1.807, 2.05) is 41.9 Å². The second kappa shape index (κ2) is 5.93. The number of para-hydroxylation sites is 2. The lowest BCUT2D eigenvalue weighted by Gasteiger charge is -2.17. The topological polar surface area (TPSA) is 81.8 Å². The zero-order valence-electron chi connectivity index (χ0n) is 14.7. The van der Waals surface area contributed by atoms with Crippen LogP contribution in [0.4, 0.5) is 28.8 Å². The summed E-state index contributed by atoms with van der Waals surface area (Å²) in [6, 6.07) is 16.3. The van der Waals surface area contributed by atoms with Crippen LogP contribution in [-0.2, 0) is 0 Å². The van der Waals surface area contributed by atoms with Crippen LogP contribution < -0.4 is 15.5 Å². The molecule has 0 amide bonds. The molecule has 1 aliphatic heterocycles. The second-order valence-electron chi connectivity index (χ2n) is 6.58. The van der Waals surface area contributed by atoms with Crippen LogP contribution in [0.2, 0.25) is 0 Å². The quantitative estimate of drug-likeness (QED) is 0.413. The van der Waals surface area contributed by atoms with Gasteiger partial charge in [0.25, 0.3) is 0 Å². The summed E-state index contributed by atoms with van der Waals surface area (Å²) in [7, 11) is 0. The van der Waals surface area contributed by atoms with E-state index >= 15 is 0 Å². The van der Waals surface area contributed by atoms with Gasteiger partial charge < -0.3 is 10.6 Å². The Morgan fingerprint density at radius 1 is 1.07 bits per heavy atom. The number of benzene rings is 2. The van der Waals surface area contributed by atoms with Crippen molar-refractivity contribution in [2.45, 2.75) is 0 Å². The van der Waals surface area contributed by atoms with E-state index in [0.717, 1.165) is 44.0 Å². The van der Waals surface area contributed by atoms with E-state index < -0.39 is 0 Å². The summed E-state index contributed by atoms with van der Waals surface area (Å²) in [4.78, 5) is 11.8. The maximum absolute atomic E-state index is 4.87. The van der Waals surface area contributed by atoms with Crippen molar-refractivity contribution in [1.29, 1.82) is 0 Å². The number of aromatic nitrogens is 4. The molecule has 0 fully saturated rings. The number of rotatable bonds is 3. The highest BCUT2D eigenvalue weighted by Crippen LogP contribution is 2.37. The molecule has 0 aliphatic carbocycles. The Hall–Kier alpha value is -3.65. The molecule has 3 N–H and O–H groups in total. The van der Waals surface area contributed by atoms with Crippen molar-refractivity contribution in [2.75, 3.05) is 22.2 Å². The largest absolute Gasteiger partial charge is 0.366 e. The van der Waals surface area contributed by atoms with Gasteiger partial charge in [-0.05, 0) is 41.8 Å². The summed E-state index contributed by atoms with van der Waals surface area (Å²) in [5, 5.41) is 17.0. The van der Waals surface area contributed by atoms with Crippen molar-refractivity contribution in [1.82, 2.24) is 20.2 Å². The highest BCUT2D eigenvalue weighted by molar-refractivity contribution is 7.17. The second-order valence-corrected chi connectivity index (χ2v) is 7.50. The van der Waals surface area contributed by atoms with Crippen molar-refractivity contribution >= 4 is 61.3 Å². The third-order valence-electron chi connectivity index (χ3n) is 4.86. The SMILES string of the molecule is c1ccc2c(c1)NCN2c1nc(Nc2ccc3[nH]ncc3c2)c2sccc2n1. The Morgan fingerprint density at radius 3 is 3.04 bits per heavy atom. The van der Waals surface area contributed by atoms with Crippen LogP contribution in [0.15, 0.2) is 60.1 Å². The van der Waals surface area contributed by atoms with Crippen LogP contribution in [0.25, 0.3) is 21.1 Å². The normalized spacial score (nSPS) is 13.1. The predicted octanol–water partition coefficient (Wildman–Crippen LogP) is 4.83. The smallest absolute Gasteiger partial charge is 0.234 e. The van der Waals surface area contributed by atoms with E-state index in [2.05, 4.69) is 43.9 Å². The fourth-order valence-electron chi connectivity index (χ4n) is 3.50. The van der Waals surface area contributed by atoms with Crippen LogP contribution in [0.3, 0.4) is 0 Å². The minimum Gasteiger partial charge on any atom is -0.366 e. The minimum atomic E-state index is 0.648. The van der Waals surface area contributed by atoms with Gasteiger partial charge in [-0.3, -0.25) is 10.00 Å². The van der Waals surface area contributed by atoms with E-state index in [1.54, 1.807) is 11.3 Å². The Morgan fingerprint density at radius 2 is 2.04 bits per heavy atom. The number of nitrogens with one attached hydrogen (secondary N) is 3. The van der Waals surface area contributed by atoms with Crippen molar-refractivity contribution in [2.24, 2.45) is 0 Å². The monoisotopic (exact) mass is 385 g/mol. The number of aromatic amines is 1. The average Bonchev–Trinajstić information content (AvgIpc) is 3.46. The lowest BCUT2D eigenvalue weighted by molar-refractivity contribution is 1.01. The maximum Gasteiger partial charge on any atom is 0.234 e. The van der Waals surface area contributed by atoms with E-state index in [9.17, 15) is 0 Å². The third-order valence-corrected chi connectivity index (χ3v) is 5.77. The molecule has 0 unspecified atom stereocenters. The molecule has 7 nitrogen and oxygen atoms in total. The number of nitrogens with zero attached hydrogens (tertiary/aromatic N) is 4. The molecule has 136 valence electrons. The van der Waals surface area contributed by atoms with Gasteiger partial charge >= 0.3 is 0 Å². The average molecular weight is 385 g/mol. The van der Waals surface area contributed by atoms with Crippen LogP contribution in [0, 0.1) is 0 Å². The number of thiophene rings is 1. The lowest BCUT2D eigenvalue weighted by Crippen LogP contribution is -2.19. The molecular weight excluding hydrogens is 370 g/mol. The van der Waals surface area contributed by atoms with E-state index in [0.29, 0.717) is 12.6 Å². The lowest BCUT2D eigenvalue weighted by atomic mass is 10.2. The summed E-state index contributed by atoms with van der Waals surface area (Å²) in [6.45, 7) is 0.648. The number of hydrogen-bond donors (Lipinski definition) is 3. The zero-order chi connectivity index (χ0) is 18.5. The highest BCUT2D eigenvalue weighted by Gasteiger charge is 2.23. The standard InChI is InChI=1S/C20H15N7S/c1-2-4-17-15(3-1)21-11-27(17)20-24-16-7-8-28-18(16)19(25-20)23-13-5-6-14-12(9-13)10-22-26-14/h1-10,21H,11H2,(H,22,26)(H,23,24,25). The first kappa shape index (κ1) is 15.4. The molecule has 0 spiro atoms. The molecular formula is C20H15N7S. The first-order valence-corrected chi connectivity index (χ1v) is 9.79. The first-order chi connectivity index (χ1) is 13.8. The molecule has 5 aromatic rings. The van der Waals surface area contributed by atoms with E-state index in [1.165, 1.54) is 0 Å². The molecule has 0 radical (unpaired) electrons. The summed E-state index contributed by atoms with van der Waals surface area (Å²) >= 11 is 1.64. The predicted molar refractivity (Wildman–Crippen MR) is 114 cm³/mol. The molecule has 8 heteroatoms. The van der Waals surface area contributed by atoms with Crippen molar-refractivity contribution in [3.8, 4) is 0 Å². The van der Waals surface area contributed by atoms with Crippen molar-refractivity contribution in [3.63, 3.8) is 0 Å². The molecule has 3 aromatic heterocycles. The van der Waals surface area contributed by atoms with Crippen molar-refractivity contribution in [3.05, 3.63) is 60.1 Å². The molecule has 28 heavy (non-hydrogen) atoms. The molecule has 0 bridgehead atoms. The van der Waals surface area contributed by atoms with Crippen LogP contribution >= 0.6 is 11.3 Å². The molecule has 6 rings (SSSR count). The minimum absolute atomic E-state index is 0.648. The Kier molecular flexibility index (Phi) is 3.26. The Labute approximate surface area is 164 Å². The Balaban J connectivity index is 1.45. The van der Waals surface area contributed by atoms with Crippen molar-refractivity contribution < 1.29 is 0 Å². The molecule has 0 saturated carbocycles. The van der Waals surface area contributed by atoms with Gasteiger partial charge in [0.2, 0.25) is 5.95 Å². The number of anilines is 5. The fraction of sp³-hybridized carbons (Fsp3) is 0.0500. The molecule has 4 heterocycles. The van der Waals surface area contributed by atoms with Gasteiger partial charge in [-0.25, -0.2) is 4.98 Å². The summed E-state index contributed by atoms with van der Waals surface area (Å²) < 4.78 is 1.04. The summed E-state index contributed by atoms with van der Waals surface area (Å²) in [6.07, 6.45) is 1.82. The van der Waals surface area contributed by atoms with Crippen LogP contribution in [0.5, 0.6) is 0 Å². The zero-order valence-corrected chi connectivity index (χ0v) is 15.5. The van der Waals surface area contributed by atoms with Gasteiger partial charge in [0.15, 0.2) is 5.82 Å². The van der Waals surface area contributed by atoms with E-state index in [-0.39, 0.29) is 0 Å². The molecule has 0 atom stereocenters. The maximum atomic E-state index is 4.87. The van der Waals surface area contributed by atoms with Gasteiger partial charge in [-0.2, -0.15) is 10.1 Å². The van der Waals surface area contributed by atoms with E-state index in [4.69, 9.17) is 9.97 Å². The van der Waals surface area contributed by atoms with Gasteiger partial charge in [0.1, 0.15) is 0 Å². The van der Waals surface area contributed by atoms with Gasteiger partial charge in [0.05, 0.1) is 40.0 Å². The number of hydrogen-bond acceptors (Lipinski definition) is 7. The van der Waals surface area contributed by atoms with Gasteiger partial charge in [0, 0.05) is 11.1 Å². The van der Waals surface area contributed by atoms with Crippen LogP contribution in [-0.4, -0.2) is 26.8 Å². The van der Waals surface area contributed by atoms with Gasteiger partial charge in [-0.15, -0.1) is 11.3 Å².